The van der Waals surface area contributed by atoms with Crippen molar-refractivity contribution in [3.8, 4) is 0 Å². The molecule has 1 aliphatic heterocycles. The zero-order valence-corrected chi connectivity index (χ0v) is 10.5. The van der Waals surface area contributed by atoms with Crippen molar-refractivity contribution in [2.45, 2.75) is 18.9 Å². The number of benzene rings is 1. The number of nitrogens with one attached hydrogen (secondary N) is 1. The molecule has 6 heteroatoms. The molecule has 0 spiro atoms. The Labute approximate surface area is 111 Å². The molecular formula is C13H17N3O3. The summed E-state index contributed by atoms with van der Waals surface area (Å²) in [4.78, 5) is 24.4. The molecule has 0 unspecified atom stereocenters. The first-order chi connectivity index (χ1) is 9.06. The number of carbonyl (C=O) groups is 2. The minimum absolute atomic E-state index is 0.0335. The number of amides is 2. The lowest BCUT2D eigenvalue weighted by Gasteiger charge is -2.30. The summed E-state index contributed by atoms with van der Waals surface area (Å²) in [6, 6.07) is 6.60. The summed E-state index contributed by atoms with van der Waals surface area (Å²) in [5.74, 6) is -0.0335. The predicted molar refractivity (Wildman–Crippen MR) is 71.2 cm³/mol. The quantitative estimate of drug-likeness (QED) is 0.750. The molecule has 2 rings (SSSR count). The van der Waals surface area contributed by atoms with Crippen molar-refractivity contribution in [2.75, 3.05) is 18.4 Å². The van der Waals surface area contributed by atoms with Gasteiger partial charge in [-0.1, -0.05) is 0 Å². The monoisotopic (exact) mass is 263 g/mol. The molecule has 1 heterocycles. The average Bonchev–Trinajstić information content (AvgIpc) is 2.39. The number of rotatable bonds is 2. The molecule has 1 aliphatic rings. The minimum Gasteiger partial charge on any atom is -0.465 e. The lowest BCUT2D eigenvalue weighted by Crippen LogP contribution is -2.42. The van der Waals surface area contributed by atoms with Crippen LogP contribution < -0.4 is 11.1 Å². The molecule has 4 N–H and O–H groups in total. The van der Waals surface area contributed by atoms with Gasteiger partial charge in [0, 0.05) is 30.4 Å². The highest BCUT2D eigenvalue weighted by atomic mass is 16.4. The van der Waals surface area contributed by atoms with E-state index >= 15 is 0 Å². The van der Waals surface area contributed by atoms with E-state index in [4.69, 9.17) is 10.8 Å². The van der Waals surface area contributed by atoms with Crippen molar-refractivity contribution in [1.82, 2.24) is 4.90 Å². The van der Waals surface area contributed by atoms with Crippen LogP contribution in [-0.2, 0) is 0 Å². The van der Waals surface area contributed by atoms with Crippen molar-refractivity contribution >= 4 is 17.7 Å². The Morgan fingerprint density at radius 2 is 1.79 bits per heavy atom. The molecule has 2 amide bonds. The largest absolute Gasteiger partial charge is 0.465 e. The predicted octanol–water partition coefficient (Wildman–Crippen LogP) is 1.34. The van der Waals surface area contributed by atoms with Crippen LogP contribution in [0.1, 0.15) is 23.2 Å². The summed E-state index contributed by atoms with van der Waals surface area (Å²) in [5.41, 5.74) is 6.81. The van der Waals surface area contributed by atoms with E-state index in [0.717, 1.165) is 12.8 Å². The third-order valence-electron chi connectivity index (χ3n) is 3.21. The Kier molecular flexibility index (Phi) is 4.01. The van der Waals surface area contributed by atoms with Gasteiger partial charge >= 0.3 is 6.09 Å². The van der Waals surface area contributed by atoms with Gasteiger partial charge in [0.2, 0.25) is 0 Å². The number of nitrogens with two attached hydrogens (primary N) is 1. The van der Waals surface area contributed by atoms with Gasteiger partial charge in [0.1, 0.15) is 0 Å². The maximum absolute atomic E-state index is 12.2. The van der Waals surface area contributed by atoms with Gasteiger partial charge in [-0.05, 0) is 37.1 Å². The molecule has 0 saturated carbocycles. The van der Waals surface area contributed by atoms with E-state index in [0.29, 0.717) is 24.3 Å². The Bertz CT molecular complexity index is 465. The van der Waals surface area contributed by atoms with Gasteiger partial charge in [0.25, 0.3) is 5.91 Å². The summed E-state index contributed by atoms with van der Waals surface area (Å²) >= 11 is 0. The van der Waals surface area contributed by atoms with Gasteiger partial charge < -0.3 is 15.7 Å². The first-order valence-electron chi connectivity index (χ1n) is 6.21. The highest BCUT2D eigenvalue weighted by Crippen LogP contribution is 2.15. The van der Waals surface area contributed by atoms with Crippen molar-refractivity contribution in [1.29, 1.82) is 0 Å². The number of hydrogen-bond donors (Lipinski definition) is 3. The van der Waals surface area contributed by atoms with E-state index in [1.807, 2.05) is 0 Å². The molecule has 0 aliphatic carbocycles. The van der Waals surface area contributed by atoms with Crippen LogP contribution in [0.15, 0.2) is 24.3 Å². The van der Waals surface area contributed by atoms with Gasteiger partial charge in [0.15, 0.2) is 0 Å². The molecule has 6 nitrogen and oxygen atoms in total. The van der Waals surface area contributed by atoms with Gasteiger partial charge in [-0.25, -0.2) is 4.79 Å². The summed E-state index contributed by atoms with van der Waals surface area (Å²) in [6.07, 6.45) is 0.526. The molecule has 1 aromatic carbocycles. The van der Waals surface area contributed by atoms with Crippen LogP contribution in [0.4, 0.5) is 10.5 Å². The summed E-state index contributed by atoms with van der Waals surface area (Å²) in [7, 11) is 0. The highest BCUT2D eigenvalue weighted by molar-refractivity contribution is 5.95. The topological polar surface area (TPSA) is 95.7 Å². The SMILES string of the molecule is NC1CCN(C(=O)c2ccc(NC(=O)O)cc2)CC1. The van der Waals surface area contributed by atoms with Crippen molar-refractivity contribution in [3.05, 3.63) is 29.8 Å². The maximum Gasteiger partial charge on any atom is 0.409 e. The lowest BCUT2D eigenvalue weighted by atomic mass is 10.0. The fourth-order valence-electron chi connectivity index (χ4n) is 2.10. The normalized spacial score (nSPS) is 16.2. The molecule has 1 saturated heterocycles. The second-order valence-electron chi connectivity index (χ2n) is 4.64. The van der Waals surface area contributed by atoms with E-state index in [2.05, 4.69) is 5.32 Å². The molecule has 0 bridgehead atoms. The second kappa shape index (κ2) is 5.71. The van der Waals surface area contributed by atoms with Crippen LogP contribution in [-0.4, -0.2) is 41.1 Å². The first-order valence-corrected chi connectivity index (χ1v) is 6.21. The molecule has 0 atom stereocenters. The van der Waals surface area contributed by atoms with Crippen LogP contribution in [0.25, 0.3) is 0 Å². The van der Waals surface area contributed by atoms with Gasteiger partial charge in [-0.15, -0.1) is 0 Å². The first kappa shape index (κ1) is 13.4. The number of piperidine rings is 1. The number of anilines is 1. The summed E-state index contributed by atoms with van der Waals surface area (Å²) in [6.45, 7) is 1.35. The molecule has 1 aromatic rings. The summed E-state index contributed by atoms with van der Waals surface area (Å²) < 4.78 is 0. The van der Waals surface area contributed by atoms with Crippen molar-refractivity contribution in [2.24, 2.45) is 5.73 Å². The minimum atomic E-state index is -1.12. The third kappa shape index (κ3) is 3.45. The van der Waals surface area contributed by atoms with Crippen LogP contribution >= 0.6 is 0 Å². The zero-order chi connectivity index (χ0) is 13.8. The Hall–Kier alpha value is -2.08. The maximum atomic E-state index is 12.2. The Morgan fingerprint density at radius 3 is 2.32 bits per heavy atom. The van der Waals surface area contributed by atoms with E-state index in [1.165, 1.54) is 0 Å². The zero-order valence-electron chi connectivity index (χ0n) is 10.5. The van der Waals surface area contributed by atoms with Crippen molar-refractivity contribution in [3.63, 3.8) is 0 Å². The van der Waals surface area contributed by atoms with Crippen molar-refractivity contribution < 1.29 is 14.7 Å². The van der Waals surface area contributed by atoms with E-state index in [1.54, 1.807) is 29.2 Å². The number of carboxylic acid groups (broad SMARTS) is 1. The molecule has 0 radical (unpaired) electrons. The van der Waals surface area contributed by atoms with Crippen LogP contribution in [0.3, 0.4) is 0 Å². The van der Waals surface area contributed by atoms with E-state index in [9.17, 15) is 9.59 Å². The fourth-order valence-corrected chi connectivity index (χ4v) is 2.10. The van der Waals surface area contributed by atoms with E-state index in [-0.39, 0.29) is 11.9 Å². The summed E-state index contributed by atoms with van der Waals surface area (Å²) in [5, 5.41) is 10.8. The van der Waals surface area contributed by atoms with Crippen LogP contribution in [0, 0.1) is 0 Å². The van der Waals surface area contributed by atoms with Gasteiger partial charge in [0.05, 0.1) is 0 Å². The molecule has 19 heavy (non-hydrogen) atoms. The molecule has 0 aromatic heterocycles. The molecule has 1 fully saturated rings. The van der Waals surface area contributed by atoms with E-state index < -0.39 is 6.09 Å². The average molecular weight is 263 g/mol. The van der Waals surface area contributed by atoms with Crippen LogP contribution in [0.5, 0.6) is 0 Å². The molecule has 102 valence electrons. The Morgan fingerprint density at radius 1 is 1.21 bits per heavy atom. The number of carbonyl (C=O) groups excluding carboxylic acids is 1. The number of nitrogens with zero attached hydrogens (tertiary/aromatic N) is 1. The fraction of sp³-hybridized carbons (Fsp3) is 0.385. The second-order valence-corrected chi connectivity index (χ2v) is 4.64. The smallest absolute Gasteiger partial charge is 0.409 e. The third-order valence-corrected chi connectivity index (χ3v) is 3.21. The van der Waals surface area contributed by atoms with Crippen LogP contribution in [0.2, 0.25) is 0 Å². The standard InChI is InChI=1S/C13H17N3O3/c14-10-5-7-16(8-6-10)12(17)9-1-3-11(4-2-9)15-13(18)19/h1-4,10,15H,5-8,14H2,(H,18,19). The number of hydrogen-bond acceptors (Lipinski definition) is 3. The number of likely N-dealkylation sites (tertiary alicyclic amines) is 1. The lowest BCUT2D eigenvalue weighted by molar-refractivity contribution is 0.0715. The van der Waals surface area contributed by atoms with Gasteiger partial charge in [-0.3, -0.25) is 10.1 Å². The Balaban J connectivity index is 2.01. The van der Waals surface area contributed by atoms with Gasteiger partial charge in [-0.2, -0.15) is 0 Å². The molecular weight excluding hydrogens is 246 g/mol. The highest BCUT2D eigenvalue weighted by Gasteiger charge is 2.21.